The fourth-order valence-corrected chi connectivity index (χ4v) is 1.95. The van der Waals surface area contributed by atoms with Crippen LogP contribution in [0.15, 0.2) is 33.5 Å². The van der Waals surface area contributed by atoms with E-state index in [0.29, 0.717) is 27.4 Å². The first-order valence-corrected chi connectivity index (χ1v) is 5.78. The molecule has 2 N–H and O–H groups in total. The van der Waals surface area contributed by atoms with Gasteiger partial charge in [0.2, 0.25) is 0 Å². The van der Waals surface area contributed by atoms with Gasteiger partial charge in [0.1, 0.15) is 5.52 Å². The van der Waals surface area contributed by atoms with Gasteiger partial charge < -0.3 is 14.5 Å². The Hall–Kier alpha value is -2.15. The lowest BCUT2D eigenvalue weighted by Gasteiger charge is -1.92. The number of imidazole rings is 1. The van der Waals surface area contributed by atoms with Gasteiger partial charge in [0, 0.05) is 6.20 Å². The van der Waals surface area contributed by atoms with Gasteiger partial charge in [0.05, 0.1) is 5.56 Å². The number of aromatic nitrogens is 3. The van der Waals surface area contributed by atoms with Crippen LogP contribution in [0, 0.1) is 0 Å². The number of nitrogens with zero attached hydrogens (tertiary/aromatic N) is 2. The standard InChI is InChI=1S/C11H6BrN3O3/c12-7-2-1-6(18-7)9-14-8-5(11(16)17)3-4-13-10(8)15-9/h1-4H,(H,16,17)(H,13,14,15). The monoisotopic (exact) mass is 307 g/mol. The predicted octanol–water partition coefficient (Wildman–Crippen LogP) is 2.68. The molecule has 0 saturated carbocycles. The molecule has 3 heterocycles. The highest BCUT2D eigenvalue weighted by Gasteiger charge is 2.15. The molecular weight excluding hydrogens is 302 g/mol. The normalized spacial score (nSPS) is 10.9. The number of halogens is 1. The number of carboxylic acid groups (broad SMARTS) is 1. The van der Waals surface area contributed by atoms with Gasteiger partial charge in [0.25, 0.3) is 0 Å². The zero-order valence-electron chi connectivity index (χ0n) is 8.85. The number of aromatic carboxylic acids is 1. The Labute approximate surface area is 109 Å². The van der Waals surface area contributed by atoms with E-state index in [2.05, 4.69) is 30.9 Å². The molecule has 18 heavy (non-hydrogen) atoms. The van der Waals surface area contributed by atoms with Crippen LogP contribution in [0.5, 0.6) is 0 Å². The third-order valence-corrected chi connectivity index (χ3v) is 2.85. The van der Waals surface area contributed by atoms with E-state index in [4.69, 9.17) is 9.52 Å². The Kier molecular flexibility index (Phi) is 2.41. The number of hydrogen-bond acceptors (Lipinski definition) is 4. The van der Waals surface area contributed by atoms with E-state index in [1.807, 2.05) is 0 Å². The SMILES string of the molecule is O=C(O)c1ccnc2[nH]c(-c3ccc(Br)o3)nc12. The topological polar surface area (TPSA) is 92.0 Å². The number of pyridine rings is 1. The number of H-pyrrole nitrogens is 1. The second kappa shape index (κ2) is 3.95. The lowest BCUT2D eigenvalue weighted by molar-refractivity contribution is 0.0698. The maximum Gasteiger partial charge on any atom is 0.338 e. The number of furan rings is 1. The van der Waals surface area contributed by atoms with Gasteiger partial charge in [-0.1, -0.05) is 0 Å². The molecule has 0 spiro atoms. The number of fused-ring (bicyclic) bond motifs is 1. The fourth-order valence-electron chi connectivity index (χ4n) is 1.64. The molecular formula is C11H6BrN3O3. The summed E-state index contributed by atoms with van der Waals surface area (Å²) < 4.78 is 5.92. The van der Waals surface area contributed by atoms with Crippen LogP contribution >= 0.6 is 15.9 Å². The van der Waals surface area contributed by atoms with E-state index in [-0.39, 0.29) is 5.56 Å². The van der Waals surface area contributed by atoms with Gasteiger partial charge in [-0.2, -0.15) is 0 Å². The van der Waals surface area contributed by atoms with Crippen molar-refractivity contribution in [1.29, 1.82) is 0 Å². The van der Waals surface area contributed by atoms with E-state index in [1.54, 1.807) is 12.1 Å². The van der Waals surface area contributed by atoms with Gasteiger partial charge in [-0.15, -0.1) is 0 Å². The maximum absolute atomic E-state index is 11.1. The first-order chi connectivity index (χ1) is 8.65. The summed E-state index contributed by atoms with van der Waals surface area (Å²) in [6, 6.07) is 4.86. The van der Waals surface area contributed by atoms with Crippen LogP contribution < -0.4 is 0 Å². The molecule has 0 aliphatic carbocycles. The first-order valence-electron chi connectivity index (χ1n) is 4.99. The van der Waals surface area contributed by atoms with Crippen LogP contribution in [0.3, 0.4) is 0 Å². The molecule has 90 valence electrons. The zero-order valence-corrected chi connectivity index (χ0v) is 10.4. The Morgan fingerprint density at radius 2 is 2.22 bits per heavy atom. The average molecular weight is 308 g/mol. The molecule has 3 rings (SSSR count). The molecule has 3 aromatic rings. The van der Waals surface area contributed by atoms with Crippen molar-refractivity contribution in [2.75, 3.05) is 0 Å². The summed E-state index contributed by atoms with van der Waals surface area (Å²) in [5, 5.41) is 9.05. The van der Waals surface area contributed by atoms with Crippen LogP contribution in [0.2, 0.25) is 0 Å². The van der Waals surface area contributed by atoms with Crippen LogP contribution in [-0.2, 0) is 0 Å². The van der Waals surface area contributed by atoms with Gasteiger partial charge in [0.15, 0.2) is 21.9 Å². The molecule has 0 fully saturated rings. The van der Waals surface area contributed by atoms with Crippen molar-refractivity contribution in [3.8, 4) is 11.6 Å². The van der Waals surface area contributed by atoms with Crippen molar-refractivity contribution < 1.29 is 14.3 Å². The van der Waals surface area contributed by atoms with Crippen molar-refractivity contribution in [3.63, 3.8) is 0 Å². The van der Waals surface area contributed by atoms with E-state index >= 15 is 0 Å². The number of aromatic amines is 1. The lowest BCUT2D eigenvalue weighted by Crippen LogP contribution is -1.97. The van der Waals surface area contributed by atoms with Gasteiger partial charge in [-0.05, 0) is 34.1 Å². The summed E-state index contributed by atoms with van der Waals surface area (Å²) in [6.07, 6.45) is 1.42. The summed E-state index contributed by atoms with van der Waals surface area (Å²) >= 11 is 3.19. The zero-order chi connectivity index (χ0) is 12.7. The van der Waals surface area contributed by atoms with Crippen LogP contribution in [0.25, 0.3) is 22.7 Å². The van der Waals surface area contributed by atoms with Crippen molar-refractivity contribution in [3.05, 3.63) is 34.6 Å². The number of rotatable bonds is 2. The quantitative estimate of drug-likeness (QED) is 0.759. The van der Waals surface area contributed by atoms with Crippen molar-refractivity contribution in [2.45, 2.75) is 0 Å². The molecule has 0 unspecified atom stereocenters. The molecule has 0 bridgehead atoms. The molecule has 0 atom stereocenters. The smallest absolute Gasteiger partial charge is 0.338 e. The number of nitrogens with one attached hydrogen (secondary N) is 1. The molecule has 7 heteroatoms. The Morgan fingerprint density at radius 1 is 1.39 bits per heavy atom. The third kappa shape index (κ3) is 1.68. The highest BCUT2D eigenvalue weighted by molar-refractivity contribution is 9.10. The second-order valence-electron chi connectivity index (χ2n) is 3.55. The Morgan fingerprint density at radius 3 is 2.89 bits per heavy atom. The van der Waals surface area contributed by atoms with Gasteiger partial charge in [-0.25, -0.2) is 14.8 Å². The molecule has 0 amide bonds. The van der Waals surface area contributed by atoms with Gasteiger partial charge in [-0.3, -0.25) is 0 Å². The lowest BCUT2D eigenvalue weighted by atomic mass is 10.2. The molecule has 3 aromatic heterocycles. The molecule has 0 aliphatic rings. The van der Waals surface area contributed by atoms with E-state index in [0.717, 1.165) is 0 Å². The number of carboxylic acids is 1. The summed E-state index contributed by atoms with van der Waals surface area (Å²) in [5.74, 6) is -0.0887. The van der Waals surface area contributed by atoms with E-state index in [9.17, 15) is 4.79 Å². The molecule has 0 aliphatic heterocycles. The minimum absolute atomic E-state index is 0.105. The van der Waals surface area contributed by atoms with Crippen LogP contribution in [0.4, 0.5) is 0 Å². The van der Waals surface area contributed by atoms with Crippen molar-refractivity contribution in [2.24, 2.45) is 0 Å². The van der Waals surface area contributed by atoms with Gasteiger partial charge >= 0.3 is 5.97 Å². The third-order valence-electron chi connectivity index (χ3n) is 2.42. The highest BCUT2D eigenvalue weighted by Crippen LogP contribution is 2.25. The summed E-state index contributed by atoms with van der Waals surface area (Å²) in [5.41, 5.74) is 0.832. The Balaban J connectivity index is 2.22. The summed E-state index contributed by atoms with van der Waals surface area (Å²) in [7, 11) is 0. The highest BCUT2D eigenvalue weighted by atomic mass is 79.9. The second-order valence-corrected chi connectivity index (χ2v) is 4.33. The molecule has 6 nitrogen and oxygen atoms in total. The maximum atomic E-state index is 11.1. The van der Waals surface area contributed by atoms with E-state index in [1.165, 1.54) is 12.3 Å². The number of carbonyl (C=O) groups is 1. The summed E-state index contributed by atoms with van der Waals surface area (Å²) in [6.45, 7) is 0. The molecule has 0 radical (unpaired) electrons. The predicted molar refractivity (Wildman–Crippen MR) is 66.3 cm³/mol. The van der Waals surface area contributed by atoms with Crippen LogP contribution in [0.1, 0.15) is 10.4 Å². The van der Waals surface area contributed by atoms with Crippen molar-refractivity contribution >= 4 is 33.1 Å². The number of hydrogen-bond donors (Lipinski definition) is 2. The minimum atomic E-state index is -1.04. The average Bonchev–Trinajstić information content (AvgIpc) is 2.93. The largest absolute Gasteiger partial charge is 0.478 e. The van der Waals surface area contributed by atoms with Crippen LogP contribution in [-0.4, -0.2) is 26.0 Å². The molecule has 0 saturated heterocycles. The Bertz CT molecular complexity index is 747. The van der Waals surface area contributed by atoms with Crippen molar-refractivity contribution in [1.82, 2.24) is 15.0 Å². The fraction of sp³-hybridized carbons (Fsp3) is 0. The van der Waals surface area contributed by atoms with E-state index < -0.39 is 5.97 Å². The summed E-state index contributed by atoms with van der Waals surface area (Å²) in [4.78, 5) is 22.2. The first kappa shape index (κ1) is 11.0. The molecule has 0 aromatic carbocycles. The minimum Gasteiger partial charge on any atom is -0.478 e.